The van der Waals surface area contributed by atoms with E-state index in [4.69, 9.17) is 0 Å². The summed E-state index contributed by atoms with van der Waals surface area (Å²) < 4.78 is 0. The Morgan fingerprint density at radius 2 is 2.00 bits per heavy atom. The molecule has 1 aromatic heterocycles. The van der Waals surface area contributed by atoms with Crippen molar-refractivity contribution in [2.45, 2.75) is 26.2 Å². The number of aryl methyl sites for hydroxylation is 1. The molecule has 0 atom stereocenters. The third-order valence-corrected chi connectivity index (χ3v) is 5.88. The fourth-order valence-electron chi connectivity index (χ4n) is 4.24. The zero-order valence-corrected chi connectivity index (χ0v) is 16.2. The summed E-state index contributed by atoms with van der Waals surface area (Å²) >= 11 is 0. The minimum atomic E-state index is -0.0221. The number of piperidine rings is 1. The normalized spacial score (nSPS) is 19.1. The number of hydrogen-bond donors (Lipinski definition) is 1. The van der Waals surface area contributed by atoms with Crippen molar-refractivity contribution in [2.24, 2.45) is 5.41 Å². The molecule has 4 rings (SSSR count). The van der Waals surface area contributed by atoms with E-state index < -0.39 is 0 Å². The molecule has 2 aromatic rings. The van der Waals surface area contributed by atoms with Crippen molar-refractivity contribution in [2.75, 3.05) is 26.2 Å². The second-order valence-electron chi connectivity index (χ2n) is 7.99. The molecule has 2 aliphatic heterocycles. The molecule has 3 heterocycles. The van der Waals surface area contributed by atoms with Crippen molar-refractivity contribution in [3.8, 4) is 0 Å². The first-order valence-electron chi connectivity index (χ1n) is 9.85. The number of amides is 2. The summed E-state index contributed by atoms with van der Waals surface area (Å²) in [5.74, 6) is 0.201. The van der Waals surface area contributed by atoms with E-state index in [1.807, 2.05) is 34.9 Å². The Hall–Kier alpha value is -2.89. The van der Waals surface area contributed by atoms with E-state index in [2.05, 4.69) is 34.5 Å². The molecule has 1 aromatic carbocycles. The average molecular weight is 378 g/mol. The van der Waals surface area contributed by atoms with Gasteiger partial charge in [-0.2, -0.15) is 5.10 Å². The molecular formula is C22H26N4O2. The van der Waals surface area contributed by atoms with Crippen molar-refractivity contribution in [1.82, 2.24) is 20.0 Å². The van der Waals surface area contributed by atoms with Gasteiger partial charge in [-0.1, -0.05) is 42.5 Å². The van der Waals surface area contributed by atoms with Gasteiger partial charge in [0.15, 0.2) is 0 Å². The quantitative estimate of drug-likeness (QED) is 0.889. The van der Waals surface area contributed by atoms with Crippen LogP contribution >= 0.6 is 0 Å². The van der Waals surface area contributed by atoms with Crippen LogP contribution in [0.4, 0.5) is 0 Å². The van der Waals surface area contributed by atoms with Gasteiger partial charge in [0, 0.05) is 43.7 Å². The molecule has 2 amide bonds. The van der Waals surface area contributed by atoms with Gasteiger partial charge in [0.2, 0.25) is 5.91 Å². The maximum absolute atomic E-state index is 12.6. The average Bonchev–Trinajstić information content (AvgIpc) is 3.26. The number of carbonyl (C=O) groups is 2. The number of rotatable bonds is 4. The summed E-state index contributed by atoms with van der Waals surface area (Å²) in [6.07, 6.45) is 6.45. The highest BCUT2D eigenvalue weighted by atomic mass is 16.2. The van der Waals surface area contributed by atoms with Gasteiger partial charge in [-0.25, -0.2) is 0 Å². The first kappa shape index (κ1) is 18.5. The fourth-order valence-corrected chi connectivity index (χ4v) is 4.24. The fraction of sp³-hybridized carbons (Fsp3) is 0.409. The molecule has 0 radical (unpaired) electrons. The first-order valence-corrected chi connectivity index (χ1v) is 9.85. The third-order valence-electron chi connectivity index (χ3n) is 5.88. The maximum atomic E-state index is 12.6. The molecule has 2 fully saturated rings. The van der Waals surface area contributed by atoms with Gasteiger partial charge >= 0.3 is 0 Å². The summed E-state index contributed by atoms with van der Waals surface area (Å²) in [5.41, 5.74) is 2.51. The molecule has 1 N–H and O–H groups in total. The summed E-state index contributed by atoms with van der Waals surface area (Å²) in [6.45, 7) is 4.69. The van der Waals surface area contributed by atoms with E-state index in [1.165, 1.54) is 0 Å². The third kappa shape index (κ3) is 3.86. The monoisotopic (exact) mass is 378 g/mol. The molecule has 0 aliphatic carbocycles. The molecule has 0 bridgehead atoms. The van der Waals surface area contributed by atoms with Gasteiger partial charge in [-0.15, -0.1) is 0 Å². The lowest BCUT2D eigenvalue weighted by Crippen LogP contribution is -2.44. The summed E-state index contributed by atoms with van der Waals surface area (Å²) in [6, 6.07) is 11.9. The number of nitrogens with one attached hydrogen (secondary N) is 1. The van der Waals surface area contributed by atoms with Crippen LogP contribution in [0.5, 0.6) is 0 Å². The molecular weight excluding hydrogens is 352 g/mol. The highest BCUT2D eigenvalue weighted by Crippen LogP contribution is 2.41. The van der Waals surface area contributed by atoms with Crippen LogP contribution in [0.1, 0.15) is 41.0 Å². The summed E-state index contributed by atoms with van der Waals surface area (Å²) in [4.78, 5) is 28.9. The molecule has 2 saturated heterocycles. The Labute approximate surface area is 165 Å². The Bertz CT molecular complexity index is 879. The Morgan fingerprint density at radius 1 is 1.25 bits per heavy atom. The topological polar surface area (TPSA) is 69.3 Å². The van der Waals surface area contributed by atoms with Crippen molar-refractivity contribution < 1.29 is 9.59 Å². The van der Waals surface area contributed by atoms with Crippen LogP contribution in [0.15, 0.2) is 42.5 Å². The van der Waals surface area contributed by atoms with Gasteiger partial charge in [-0.05, 0) is 31.4 Å². The predicted molar refractivity (Wildman–Crippen MR) is 108 cm³/mol. The number of likely N-dealkylation sites (tertiary alicyclic amines) is 2. The number of benzene rings is 1. The lowest BCUT2D eigenvalue weighted by molar-refractivity contribution is -0.127. The maximum Gasteiger partial charge on any atom is 0.274 e. The Kier molecular flexibility index (Phi) is 5.03. The SMILES string of the molecule is Cc1cc(C(=O)N2CCC3(CC2)CC(=O)N(CC=Cc2ccccc2)C3)n[nH]1. The van der Waals surface area contributed by atoms with Crippen LogP contribution in [-0.2, 0) is 4.79 Å². The lowest BCUT2D eigenvalue weighted by Gasteiger charge is -2.38. The number of aromatic nitrogens is 2. The van der Waals surface area contributed by atoms with Crippen LogP contribution in [0.3, 0.4) is 0 Å². The second kappa shape index (κ2) is 7.62. The number of hydrogen-bond acceptors (Lipinski definition) is 3. The lowest BCUT2D eigenvalue weighted by atomic mass is 9.77. The van der Waals surface area contributed by atoms with Crippen LogP contribution < -0.4 is 0 Å². The minimum Gasteiger partial charge on any atom is -0.338 e. The van der Waals surface area contributed by atoms with Crippen LogP contribution in [0.2, 0.25) is 0 Å². The van der Waals surface area contributed by atoms with E-state index in [1.54, 1.807) is 6.07 Å². The van der Waals surface area contributed by atoms with Gasteiger partial charge in [-0.3, -0.25) is 14.7 Å². The largest absolute Gasteiger partial charge is 0.338 e. The van der Waals surface area contributed by atoms with E-state index in [-0.39, 0.29) is 17.2 Å². The molecule has 6 nitrogen and oxygen atoms in total. The Morgan fingerprint density at radius 3 is 2.68 bits per heavy atom. The van der Waals surface area contributed by atoms with Gasteiger partial charge < -0.3 is 9.80 Å². The Balaban J connectivity index is 1.32. The van der Waals surface area contributed by atoms with Gasteiger partial charge in [0.1, 0.15) is 5.69 Å². The minimum absolute atomic E-state index is 0.00986. The van der Waals surface area contributed by atoms with Crippen molar-refractivity contribution in [1.29, 1.82) is 0 Å². The molecule has 28 heavy (non-hydrogen) atoms. The molecule has 0 unspecified atom stereocenters. The molecule has 6 heteroatoms. The first-order chi connectivity index (χ1) is 13.5. The van der Waals surface area contributed by atoms with Crippen LogP contribution in [-0.4, -0.2) is 58.0 Å². The van der Waals surface area contributed by atoms with Crippen LogP contribution in [0.25, 0.3) is 6.08 Å². The van der Waals surface area contributed by atoms with E-state index in [9.17, 15) is 9.59 Å². The molecule has 146 valence electrons. The van der Waals surface area contributed by atoms with E-state index in [0.717, 1.165) is 30.6 Å². The standard InChI is InChI=1S/C22H26N4O2/c1-17-14-19(24-23-17)21(28)25-12-9-22(10-13-25)15-20(27)26(16-22)11-5-8-18-6-3-2-4-7-18/h2-8,14H,9-13,15-16H2,1H3,(H,23,24). The number of nitrogens with zero attached hydrogens (tertiary/aromatic N) is 3. The molecule has 1 spiro atoms. The zero-order valence-electron chi connectivity index (χ0n) is 16.2. The molecule has 2 aliphatic rings. The number of H-pyrrole nitrogens is 1. The molecule has 0 saturated carbocycles. The highest BCUT2D eigenvalue weighted by Gasteiger charge is 2.45. The summed E-state index contributed by atoms with van der Waals surface area (Å²) in [5, 5.41) is 6.90. The van der Waals surface area contributed by atoms with E-state index in [0.29, 0.717) is 31.7 Å². The van der Waals surface area contributed by atoms with Crippen molar-refractivity contribution in [3.63, 3.8) is 0 Å². The van der Waals surface area contributed by atoms with Gasteiger partial charge in [0.05, 0.1) is 0 Å². The van der Waals surface area contributed by atoms with Crippen molar-refractivity contribution >= 4 is 17.9 Å². The number of carbonyl (C=O) groups excluding carboxylic acids is 2. The smallest absolute Gasteiger partial charge is 0.274 e. The highest BCUT2D eigenvalue weighted by molar-refractivity contribution is 5.92. The predicted octanol–water partition coefficient (Wildman–Crippen LogP) is 2.89. The van der Waals surface area contributed by atoms with Crippen LogP contribution in [0, 0.1) is 12.3 Å². The van der Waals surface area contributed by atoms with E-state index >= 15 is 0 Å². The van der Waals surface area contributed by atoms with Crippen molar-refractivity contribution in [3.05, 3.63) is 59.4 Å². The second-order valence-corrected chi connectivity index (χ2v) is 7.99. The summed E-state index contributed by atoms with van der Waals surface area (Å²) in [7, 11) is 0. The number of aromatic amines is 1. The zero-order chi connectivity index (χ0) is 19.6. The van der Waals surface area contributed by atoms with Gasteiger partial charge in [0.25, 0.3) is 5.91 Å².